The molecule has 0 unspecified atom stereocenters. The van der Waals surface area contributed by atoms with Crippen molar-refractivity contribution < 1.29 is 18.3 Å². The summed E-state index contributed by atoms with van der Waals surface area (Å²) >= 11 is 0. The Morgan fingerprint density at radius 2 is 2.00 bits per heavy atom. The zero-order valence-corrected chi connectivity index (χ0v) is 11.3. The van der Waals surface area contributed by atoms with Crippen LogP contribution < -0.4 is 5.32 Å². The van der Waals surface area contributed by atoms with Crippen LogP contribution in [0.3, 0.4) is 0 Å². The van der Waals surface area contributed by atoms with Gasteiger partial charge in [-0.2, -0.15) is 0 Å². The predicted octanol–water partition coefficient (Wildman–Crippen LogP) is 1.92. The van der Waals surface area contributed by atoms with E-state index in [0.29, 0.717) is 12.8 Å². The number of phenols is 1. The van der Waals surface area contributed by atoms with Gasteiger partial charge in [-0.1, -0.05) is 13.8 Å². The molecule has 1 amide bonds. The lowest BCUT2D eigenvalue weighted by Crippen LogP contribution is -2.12. The van der Waals surface area contributed by atoms with Crippen molar-refractivity contribution >= 4 is 21.4 Å². The van der Waals surface area contributed by atoms with Crippen molar-refractivity contribution in [3.05, 3.63) is 18.2 Å². The summed E-state index contributed by atoms with van der Waals surface area (Å²) in [6.07, 6.45) is 1.00. The van der Waals surface area contributed by atoms with Crippen LogP contribution in [-0.4, -0.2) is 25.2 Å². The van der Waals surface area contributed by atoms with E-state index in [4.69, 9.17) is 0 Å². The number of aromatic hydroxyl groups is 1. The van der Waals surface area contributed by atoms with Gasteiger partial charge in [-0.05, 0) is 24.6 Å². The molecular weight excluding hydrogens is 254 g/mol. The lowest BCUT2D eigenvalue weighted by molar-refractivity contribution is -0.116. The monoisotopic (exact) mass is 271 g/mol. The lowest BCUT2D eigenvalue weighted by Gasteiger charge is -2.09. The van der Waals surface area contributed by atoms with Gasteiger partial charge in [0, 0.05) is 6.42 Å². The number of anilines is 1. The minimum absolute atomic E-state index is 0.0277. The zero-order valence-electron chi connectivity index (χ0n) is 10.4. The van der Waals surface area contributed by atoms with E-state index in [2.05, 4.69) is 5.32 Å². The summed E-state index contributed by atoms with van der Waals surface area (Å²) in [6, 6.07) is 3.87. The summed E-state index contributed by atoms with van der Waals surface area (Å²) in [7, 11) is -3.35. The largest absolute Gasteiger partial charge is 0.506 e. The number of rotatable bonds is 5. The van der Waals surface area contributed by atoms with Crippen LogP contribution in [0, 0.1) is 0 Å². The van der Waals surface area contributed by atoms with Crippen molar-refractivity contribution in [3.63, 3.8) is 0 Å². The van der Waals surface area contributed by atoms with Crippen molar-refractivity contribution in [2.75, 3.05) is 11.1 Å². The van der Waals surface area contributed by atoms with E-state index in [1.807, 2.05) is 6.92 Å². The molecular formula is C12H17NO4S. The van der Waals surface area contributed by atoms with E-state index < -0.39 is 9.84 Å². The van der Waals surface area contributed by atoms with Gasteiger partial charge in [-0.25, -0.2) is 8.42 Å². The average molecular weight is 271 g/mol. The SMILES string of the molecule is CCCC(=O)Nc1cc(S(=O)(=O)CC)ccc1O. The summed E-state index contributed by atoms with van der Waals surface area (Å²) < 4.78 is 23.4. The second kappa shape index (κ2) is 5.86. The maximum absolute atomic E-state index is 11.7. The zero-order chi connectivity index (χ0) is 13.8. The molecule has 0 heterocycles. The fraction of sp³-hybridized carbons (Fsp3) is 0.417. The number of amides is 1. The number of benzene rings is 1. The first-order valence-electron chi connectivity index (χ1n) is 5.76. The van der Waals surface area contributed by atoms with Crippen LogP contribution in [0.25, 0.3) is 0 Å². The van der Waals surface area contributed by atoms with Crippen LogP contribution in [0.15, 0.2) is 23.1 Å². The molecule has 1 rings (SSSR count). The topological polar surface area (TPSA) is 83.5 Å². The van der Waals surface area contributed by atoms with Gasteiger partial charge >= 0.3 is 0 Å². The third kappa shape index (κ3) is 3.46. The van der Waals surface area contributed by atoms with Crippen molar-refractivity contribution in [1.29, 1.82) is 0 Å². The highest BCUT2D eigenvalue weighted by Crippen LogP contribution is 2.27. The third-order valence-corrected chi connectivity index (χ3v) is 4.19. The molecule has 0 atom stereocenters. The number of sulfone groups is 1. The Morgan fingerprint density at radius 1 is 1.33 bits per heavy atom. The van der Waals surface area contributed by atoms with Crippen molar-refractivity contribution in [2.24, 2.45) is 0 Å². The summed E-state index contributed by atoms with van der Waals surface area (Å²) in [5.41, 5.74) is 0.128. The summed E-state index contributed by atoms with van der Waals surface area (Å²) in [5, 5.41) is 12.1. The molecule has 6 heteroatoms. The Bertz CT molecular complexity index is 537. The molecule has 2 N–H and O–H groups in total. The minimum atomic E-state index is -3.35. The van der Waals surface area contributed by atoms with E-state index in [0.717, 1.165) is 0 Å². The Labute approximate surface area is 107 Å². The van der Waals surface area contributed by atoms with Crippen LogP contribution in [0.1, 0.15) is 26.7 Å². The van der Waals surface area contributed by atoms with Crippen LogP contribution in [0.5, 0.6) is 5.75 Å². The average Bonchev–Trinajstić information content (AvgIpc) is 2.32. The van der Waals surface area contributed by atoms with Gasteiger partial charge in [0.05, 0.1) is 16.3 Å². The highest BCUT2D eigenvalue weighted by Gasteiger charge is 2.14. The highest BCUT2D eigenvalue weighted by molar-refractivity contribution is 7.91. The first kappa shape index (κ1) is 14.5. The number of nitrogens with one attached hydrogen (secondary N) is 1. The summed E-state index contributed by atoms with van der Waals surface area (Å²) in [5.74, 6) is -0.423. The second-order valence-electron chi connectivity index (χ2n) is 3.88. The molecule has 1 aromatic carbocycles. The van der Waals surface area contributed by atoms with Gasteiger partial charge in [0.15, 0.2) is 9.84 Å². The molecule has 0 saturated heterocycles. The fourth-order valence-corrected chi connectivity index (χ4v) is 2.32. The summed E-state index contributed by atoms with van der Waals surface area (Å²) in [4.78, 5) is 11.5. The molecule has 0 aliphatic rings. The Balaban J connectivity index is 3.06. The van der Waals surface area contributed by atoms with Crippen molar-refractivity contribution in [3.8, 4) is 5.75 Å². The van der Waals surface area contributed by atoms with E-state index in [9.17, 15) is 18.3 Å². The molecule has 100 valence electrons. The van der Waals surface area contributed by atoms with Gasteiger partial charge in [0.25, 0.3) is 0 Å². The molecule has 0 bridgehead atoms. The molecule has 0 aliphatic carbocycles. The predicted molar refractivity (Wildman–Crippen MR) is 69.4 cm³/mol. The van der Waals surface area contributed by atoms with Crippen LogP contribution in [0.4, 0.5) is 5.69 Å². The first-order chi connectivity index (χ1) is 8.40. The van der Waals surface area contributed by atoms with Crippen LogP contribution in [-0.2, 0) is 14.6 Å². The standard InChI is InChI=1S/C12H17NO4S/c1-3-5-12(15)13-10-8-9(6-7-11(10)14)18(16,17)4-2/h6-8,14H,3-5H2,1-2H3,(H,13,15). The second-order valence-corrected chi connectivity index (χ2v) is 6.16. The third-order valence-electron chi connectivity index (χ3n) is 2.46. The molecule has 0 aliphatic heterocycles. The molecule has 0 saturated carbocycles. The number of hydrogen-bond acceptors (Lipinski definition) is 4. The molecule has 0 fully saturated rings. The number of carbonyl (C=O) groups is 1. The maximum atomic E-state index is 11.7. The number of hydrogen-bond donors (Lipinski definition) is 2. The van der Waals surface area contributed by atoms with Crippen LogP contribution in [0.2, 0.25) is 0 Å². The first-order valence-corrected chi connectivity index (χ1v) is 7.41. The fourth-order valence-electron chi connectivity index (χ4n) is 1.42. The highest BCUT2D eigenvalue weighted by atomic mass is 32.2. The molecule has 0 aromatic heterocycles. The van der Waals surface area contributed by atoms with Crippen LogP contribution >= 0.6 is 0 Å². The van der Waals surface area contributed by atoms with Gasteiger partial charge in [0.1, 0.15) is 5.75 Å². The smallest absolute Gasteiger partial charge is 0.224 e. The van der Waals surface area contributed by atoms with E-state index in [1.165, 1.54) is 25.1 Å². The minimum Gasteiger partial charge on any atom is -0.506 e. The van der Waals surface area contributed by atoms with Crippen molar-refractivity contribution in [1.82, 2.24) is 0 Å². The van der Waals surface area contributed by atoms with Crippen molar-refractivity contribution in [2.45, 2.75) is 31.6 Å². The van der Waals surface area contributed by atoms with Gasteiger partial charge < -0.3 is 10.4 Å². The maximum Gasteiger partial charge on any atom is 0.224 e. The molecule has 0 radical (unpaired) electrons. The normalized spacial score (nSPS) is 11.2. The molecule has 5 nitrogen and oxygen atoms in total. The van der Waals surface area contributed by atoms with Gasteiger partial charge in [-0.3, -0.25) is 4.79 Å². The van der Waals surface area contributed by atoms with E-state index >= 15 is 0 Å². The molecule has 1 aromatic rings. The van der Waals surface area contributed by atoms with Gasteiger partial charge in [-0.15, -0.1) is 0 Å². The van der Waals surface area contributed by atoms with E-state index in [1.54, 1.807) is 0 Å². The Morgan fingerprint density at radius 3 is 2.56 bits per heavy atom. The Hall–Kier alpha value is -1.56. The quantitative estimate of drug-likeness (QED) is 0.801. The number of carbonyl (C=O) groups excluding carboxylic acids is 1. The molecule has 0 spiro atoms. The number of phenolic OH excluding ortho intramolecular Hbond substituents is 1. The lowest BCUT2D eigenvalue weighted by atomic mass is 10.2. The molecule has 18 heavy (non-hydrogen) atoms. The van der Waals surface area contributed by atoms with E-state index in [-0.39, 0.29) is 28.0 Å². The summed E-state index contributed by atoms with van der Waals surface area (Å²) in [6.45, 7) is 3.40. The Kier molecular flexibility index (Phi) is 4.72. The van der Waals surface area contributed by atoms with Gasteiger partial charge in [0.2, 0.25) is 5.91 Å².